The summed E-state index contributed by atoms with van der Waals surface area (Å²) in [6, 6.07) is 5.58. The molecule has 0 aliphatic heterocycles. The number of nitrogens with one attached hydrogen (secondary N) is 1. The van der Waals surface area contributed by atoms with Crippen LogP contribution in [-0.2, 0) is 0 Å². The SMILES string of the molecule is NC(N)=NC(N)=NNc1ccc(F)cc1. The molecule has 0 bridgehead atoms. The van der Waals surface area contributed by atoms with Crippen LogP contribution in [0.2, 0.25) is 0 Å². The fourth-order valence-corrected chi connectivity index (χ4v) is 0.804. The van der Waals surface area contributed by atoms with Crippen LogP contribution in [0.1, 0.15) is 0 Å². The van der Waals surface area contributed by atoms with Crippen LogP contribution in [0.4, 0.5) is 10.1 Å². The van der Waals surface area contributed by atoms with Crippen LogP contribution in [0.5, 0.6) is 0 Å². The van der Waals surface area contributed by atoms with Gasteiger partial charge in [0, 0.05) is 0 Å². The van der Waals surface area contributed by atoms with Crippen LogP contribution in [0.15, 0.2) is 34.4 Å². The Hall–Kier alpha value is -2.31. The minimum absolute atomic E-state index is 0.112. The molecule has 0 saturated heterocycles. The Balaban J connectivity index is 2.64. The van der Waals surface area contributed by atoms with E-state index in [1.807, 2.05) is 0 Å². The lowest BCUT2D eigenvalue weighted by atomic mass is 10.3. The largest absolute Gasteiger partial charge is 0.370 e. The van der Waals surface area contributed by atoms with E-state index in [4.69, 9.17) is 17.2 Å². The second kappa shape index (κ2) is 4.80. The number of halogens is 1. The fourth-order valence-electron chi connectivity index (χ4n) is 0.804. The van der Waals surface area contributed by atoms with E-state index in [0.29, 0.717) is 5.69 Å². The van der Waals surface area contributed by atoms with Crippen molar-refractivity contribution >= 4 is 17.6 Å². The molecule has 0 spiro atoms. The number of benzene rings is 1. The van der Waals surface area contributed by atoms with Crippen molar-refractivity contribution in [2.24, 2.45) is 27.3 Å². The van der Waals surface area contributed by atoms with Crippen LogP contribution in [0.25, 0.3) is 0 Å². The van der Waals surface area contributed by atoms with E-state index in [1.54, 1.807) is 0 Å². The quantitative estimate of drug-likeness (QED) is 0.306. The number of nitrogens with zero attached hydrogens (tertiary/aromatic N) is 2. The van der Waals surface area contributed by atoms with Crippen LogP contribution < -0.4 is 22.6 Å². The third-order valence-corrected chi connectivity index (χ3v) is 1.39. The predicted molar refractivity (Wildman–Crippen MR) is 57.5 cm³/mol. The van der Waals surface area contributed by atoms with Gasteiger partial charge in [-0.3, -0.25) is 5.43 Å². The summed E-state index contributed by atoms with van der Waals surface area (Å²) in [6.45, 7) is 0. The van der Waals surface area contributed by atoms with Gasteiger partial charge in [-0.2, -0.15) is 4.99 Å². The maximum atomic E-state index is 12.5. The van der Waals surface area contributed by atoms with Gasteiger partial charge in [-0.15, -0.1) is 5.10 Å². The molecule has 0 unspecified atom stereocenters. The zero-order chi connectivity index (χ0) is 11.3. The van der Waals surface area contributed by atoms with Gasteiger partial charge in [0.2, 0.25) is 5.96 Å². The molecule has 0 radical (unpaired) electrons. The van der Waals surface area contributed by atoms with Crippen molar-refractivity contribution in [2.75, 3.05) is 5.43 Å². The van der Waals surface area contributed by atoms with Gasteiger partial charge in [-0.05, 0) is 24.3 Å². The number of hydrogen-bond acceptors (Lipinski definition) is 2. The summed E-state index contributed by atoms with van der Waals surface area (Å²) in [7, 11) is 0. The first kappa shape index (κ1) is 10.8. The van der Waals surface area contributed by atoms with E-state index in [0.717, 1.165) is 0 Å². The zero-order valence-corrected chi connectivity index (χ0v) is 7.81. The number of aliphatic imine (C=N–C) groups is 1. The summed E-state index contributed by atoms with van der Waals surface area (Å²) in [4.78, 5) is 3.47. The molecule has 0 heterocycles. The molecule has 0 aliphatic carbocycles. The lowest BCUT2D eigenvalue weighted by Crippen LogP contribution is -2.26. The van der Waals surface area contributed by atoms with E-state index < -0.39 is 0 Å². The van der Waals surface area contributed by atoms with E-state index in [1.165, 1.54) is 24.3 Å². The number of anilines is 1. The molecule has 0 atom stereocenters. The monoisotopic (exact) mass is 210 g/mol. The maximum Gasteiger partial charge on any atom is 0.240 e. The van der Waals surface area contributed by atoms with E-state index in [9.17, 15) is 4.39 Å². The van der Waals surface area contributed by atoms with Crippen molar-refractivity contribution in [2.45, 2.75) is 0 Å². The Morgan fingerprint density at radius 2 is 1.73 bits per heavy atom. The lowest BCUT2D eigenvalue weighted by Gasteiger charge is -1.99. The highest BCUT2D eigenvalue weighted by Crippen LogP contribution is 2.07. The Kier molecular flexibility index (Phi) is 3.44. The van der Waals surface area contributed by atoms with Gasteiger partial charge >= 0.3 is 0 Å². The van der Waals surface area contributed by atoms with Gasteiger partial charge in [0.25, 0.3) is 0 Å². The topological polar surface area (TPSA) is 115 Å². The van der Waals surface area contributed by atoms with E-state index in [2.05, 4.69) is 15.5 Å². The maximum absolute atomic E-state index is 12.5. The first-order chi connectivity index (χ1) is 7.08. The molecule has 80 valence electrons. The van der Waals surface area contributed by atoms with Crippen LogP contribution in [0, 0.1) is 5.82 Å². The average Bonchev–Trinajstić information content (AvgIpc) is 2.16. The number of hydrogen-bond donors (Lipinski definition) is 4. The molecule has 0 aromatic heterocycles. The molecular weight excluding hydrogens is 199 g/mol. The van der Waals surface area contributed by atoms with Gasteiger partial charge in [-0.1, -0.05) is 0 Å². The second-order valence-electron chi connectivity index (χ2n) is 2.63. The molecule has 1 aromatic carbocycles. The molecule has 6 nitrogen and oxygen atoms in total. The van der Waals surface area contributed by atoms with Crippen molar-refractivity contribution in [1.82, 2.24) is 0 Å². The Labute approximate surface area is 85.7 Å². The van der Waals surface area contributed by atoms with Crippen molar-refractivity contribution in [1.29, 1.82) is 0 Å². The highest BCUT2D eigenvalue weighted by Gasteiger charge is 1.92. The molecule has 1 aromatic rings. The second-order valence-corrected chi connectivity index (χ2v) is 2.63. The van der Waals surface area contributed by atoms with Crippen molar-refractivity contribution < 1.29 is 4.39 Å². The van der Waals surface area contributed by atoms with Gasteiger partial charge in [0.1, 0.15) is 5.82 Å². The van der Waals surface area contributed by atoms with Crippen LogP contribution >= 0.6 is 0 Å². The highest BCUT2D eigenvalue weighted by molar-refractivity contribution is 5.92. The number of rotatable bonds is 2. The van der Waals surface area contributed by atoms with E-state index in [-0.39, 0.29) is 17.7 Å². The number of nitrogens with two attached hydrogens (primary N) is 3. The summed E-state index contributed by atoms with van der Waals surface area (Å²) in [5.41, 5.74) is 18.6. The first-order valence-corrected chi connectivity index (χ1v) is 4.02. The molecule has 0 aliphatic rings. The Bertz CT molecular complexity index is 379. The van der Waals surface area contributed by atoms with Crippen molar-refractivity contribution in [3.63, 3.8) is 0 Å². The molecule has 0 fully saturated rings. The number of guanidine groups is 2. The van der Waals surface area contributed by atoms with Gasteiger partial charge in [-0.25, -0.2) is 4.39 Å². The molecule has 7 N–H and O–H groups in total. The Morgan fingerprint density at radius 1 is 1.13 bits per heavy atom. The number of hydrazone groups is 1. The Morgan fingerprint density at radius 3 is 2.27 bits per heavy atom. The van der Waals surface area contributed by atoms with E-state index >= 15 is 0 Å². The van der Waals surface area contributed by atoms with Gasteiger partial charge in [0.05, 0.1) is 5.69 Å². The first-order valence-electron chi connectivity index (χ1n) is 4.02. The normalized spacial score (nSPS) is 10.9. The third-order valence-electron chi connectivity index (χ3n) is 1.39. The minimum atomic E-state index is -0.332. The predicted octanol–water partition coefficient (Wildman–Crippen LogP) is -0.259. The van der Waals surface area contributed by atoms with Crippen LogP contribution in [0.3, 0.4) is 0 Å². The average molecular weight is 210 g/mol. The molecule has 7 heteroatoms. The standard InChI is InChI=1S/C8H11FN6/c9-5-1-3-6(4-2-5)14-15-8(12)13-7(10)11/h1-4,14H,(H6,10,11,12,13,15). The third kappa shape index (κ3) is 3.94. The van der Waals surface area contributed by atoms with Crippen molar-refractivity contribution in [3.8, 4) is 0 Å². The lowest BCUT2D eigenvalue weighted by molar-refractivity contribution is 0.628. The minimum Gasteiger partial charge on any atom is -0.370 e. The smallest absolute Gasteiger partial charge is 0.240 e. The van der Waals surface area contributed by atoms with Crippen LogP contribution in [-0.4, -0.2) is 11.9 Å². The van der Waals surface area contributed by atoms with Gasteiger partial charge in [0.15, 0.2) is 5.96 Å². The van der Waals surface area contributed by atoms with Crippen molar-refractivity contribution in [3.05, 3.63) is 30.1 Å². The highest BCUT2D eigenvalue weighted by atomic mass is 19.1. The summed E-state index contributed by atoms with van der Waals surface area (Å²) < 4.78 is 12.5. The molecule has 0 saturated carbocycles. The van der Waals surface area contributed by atoms with Gasteiger partial charge < -0.3 is 17.2 Å². The molecular formula is C8H11FN6. The summed E-state index contributed by atoms with van der Waals surface area (Å²) >= 11 is 0. The summed E-state index contributed by atoms with van der Waals surface area (Å²) in [6.07, 6.45) is 0. The fraction of sp³-hybridized carbons (Fsp3) is 0. The molecule has 1 rings (SSSR count). The summed E-state index contributed by atoms with van der Waals surface area (Å²) in [5, 5.41) is 3.64. The summed E-state index contributed by atoms with van der Waals surface area (Å²) in [5.74, 6) is -0.627. The zero-order valence-electron chi connectivity index (χ0n) is 7.81. The molecule has 15 heavy (non-hydrogen) atoms. The molecule has 0 amide bonds.